The van der Waals surface area contributed by atoms with Crippen LogP contribution in [0.2, 0.25) is 0 Å². The molecule has 1 saturated carbocycles. The molecule has 36 heavy (non-hydrogen) atoms. The van der Waals surface area contributed by atoms with Crippen LogP contribution < -0.4 is 19.8 Å². The monoisotopic (exact) mass is 517 g/mol. The summed E-state index contributed by atoms with van der Waals surface area (Å²) in [6.45, 7) is 4.67. The second kappa shape index (κ2) is 12.8. The summed E-state index contributed by atoms with van der Waals surface area (Å²) in [5.41, 5.74) is 0.930. The molecule has 0 unspecified atom stereocenters. The topological polar surface area (TPSA) is 104 Å². The van der Waals surface area contributed by atoms with E-state index in [1.54, 1.807) is 37.4 Å². The summed E-state index contributed by atoms with van der Waals surface area (Å²) in [6.07, 6.45) is 7.98. The maximum atomic E-state index is 13.1. The van der Waals surface area contributed by atoms with Crippen LogP contribution >= 0.6 is 12.4 Å². The average Bonchev–Trinajstić information content (AvgIpc) is 3.20. The predicted molar refractivity (Wildman–Crippen MR) is 138 cm³/mol. The van der Waals surface area contributed by atoms with Crippen LogP contribution in [0.4, 0.5) is 0 Å². The number of methoxy groups -OCH3 is 1. The summed E-state index contributed by atoms with van der Waals surface area (Å²) in [4.78, 5) is 13.1. The first kappa shape index (κ1) is 27.5. The van der Waals surface area contributed by atoms with E-state index >= 15 is 0 Å². The van der Waals surface area contributed by atoms with Gasteiger partial charge in [-0.1, -0.05) is 33.1 Å². The van der Waals surface area contributed by atoms with Crippen molar-refractivity contribution < 1.29 is 19.0 Å². The van der Waals surface area contributed by atoms with E-state index in [0.717, 1.165) is 12.8 Å². The van der Waals surface area contributed by atoms with Gasteiger partial charge in [-0.05, 0) is 49.8 Å². The largest absolute Gasteiger partial charge is 0.497 e. The van der Waals surface area contributed by atoms with Crippen molar-refractivity contribution in [1.82, 2.24) is 19.4 Å². The van der Waals surface area contributed by atoms with Crippen LogP contribution in [0, 0.1) is 11.3 Å². The van der Waals surface area contributed by atoms with Crippen LogP contribution in [0.1, 0.15) is 69.2 Å². The van der Waals surface area contributed by atoms with Crippen molar-refractivity contribution in [3.05, 3.63) is 41.5 Å². The number of ether oxygens (including phenoxy) is 3. The van der Waals surface area contributed by atoms with Crippen LogP contribution in [-0.2, 0) is 6.54 Å². The van der Waals surface area contributed by atoms with Gasteiger partial charge < -0.3 is 14.2 Å². The Morgan fingerprint density at radius 2 is 1.81 bits per heavy atom. The number of Topliss-reactive ketones (excluding diaryl/α,β-unsaturated/α-hetero) is 1. The predicted octanol–water partition coefficient (Wildman–Crippen LogP) is 4.85. The van der Waals surface area contributed by atoms with Crippen molar-refractivity contribution >= 4 is 23.8 Å². The third kappa shape index (κ3) is 6.57. The third-order valence-electron chi connectivity index (χ3n) is 6.60. The smallest absolute Gasteiger partial charge is 0.242 e. The Labute approximate surface area is 217 Å². The van der Waals surface area contributed by atoms with Gasteiger partial charge in [0, 0.05) is 17.7 Å². The van der Waals surface area contributed by atoms with E-state index in [4.69, 9.17) is 19.6 Å². The fraction of sp³-hybridized carbons (Fsp3) is 0.538. The molecule has 0 atom stereocenters. The Hall–Kier alpha value is -3.07. The van der Waals surface area contributed by atoms with E-state index in [0.29, 0.717) is 41.1 Å². The van der Waals surface area contributed by atoms with Crippen LogP contribution in [0.5, 0.6) is 17.4 Å². The molecule has 1 N–H and O–H groups in total. The summed E-state index contributed by atoms with van der Waals surface area (Å²) in [5.74, 6) is 1.98. The molecule has 0 spiro atoms. The molecule has 10 heteroatoms. The van der Waals surface area contributed by atoms with Gasteiger partial charge in [-0.15, -0.1) is 22.6 Å². The van der Waals surface area contributed by atoms with Gasteiger partial charge in [-0.2, -0.15) is 4.52 Å². The first-order chi connectivity index (χ1) is 17.0. The van der Waals surface area contributed by atoms with E-state index in [9.17, 15) is 4.79 Å². The molecule has 2 heterocycles. The van der Waals surface area contributed by atoms with Gasteiger partial charge in [0.05, 0.1) is 19.8 Å². The Morgan fingerprint density at radius 3 is 2.50 bits per heavy atom. The van der Waals surface area contributed by atoms with E-state index in [2.05, 4.69) is 24.0 Å². The number of carbonyl (C=O) groups excluding carboxylic acids is 1. The molecule has 0 bridgehead atoms. The lowest BCUT2D eigenvalue weighted by Gasteiger charge is -2.22. The molecule has 1 aromatic carbocycles. The lowest BCUT2D eigenvalue weighted by Crippen LogP contribution is -2.26. The summed E-state index contributed by atoms with van der Waals surface area (Å²) < 4.78 is 20.1. The SMILES string of the molecule is CCC(CC)Oc1ccc2nn(CC(=O)c3cc(OC)cc(OCC4CCCCC4)c3)c(=N)n2n1.Cl. The van der Waals surface area contributed by atoms with E-state index in [-0.39, 0.29) is 36.5 Å². The molecule has 0 aliphatic heterocycles. The lowest BCUT2D eigenvalue weighted by atomic mass is 9.90. The Bertz CT molecular complexity index is 1210. The van der Waals surface area contributed by atoms with Crippen molar-refractivity contribution in [2.75, 3.05) is 13.7 Å². The van der Waals surface area contributed by atoms with Gasteiger partial charge in [0.25, 0.3) is 0 Å². The number of carbonyl (C=O) groups is 1. The van der Waals surface area contributed by atoms with Crippen molar-refractivity contribution in [3.8, 4) is 17.4 Å². The molecular formula is C26H36ClN5O4. The highest BCUT2D eigenvalue weighted by Crippen LogP contribution is 2.27. The summed E-state index contributed by atoms with van der Waals surface area (Å²) in [6, 6.07) is 8.72. The fourth-order valence-corrected chi connectivity index (χ4v) is 4.44. The third-order valence-corrected chi connectivity index (χ3v) is 6.60. The Balaban J connectivity index is 0.00000361. The molecule has 9 nitrogen and oxygen atoms in total. The van der Waals surface area contributed by atoms with Crippen LogP contribution in [0.15, 0.2) is 30.3 Å². The number of nitrogens with zero attached hydrogens (tertiary/aromatic N) is 4. The fourth-order valence-electron chi connectivity index (χ4n) is 4.44. The van der Waals surface area contributed by atoms with Gasteiger partial charge in [0.1, 0.15) is 18.0 Å². The zero-order valence-electron chi connectivity index (χ0n) is 21.2. The average molecular weight is 518 g/mol. The number of hydrogen-bond donors (Lipinski definition) is 1. The van der Waals surface area contributed by atoms with E-state index in [1.165, 1.54) is 41.3 Å². The first-order valence-corrected chi connectivity index (χ1v) is 12.5. The maximum Gasteiger partial charge on any atom is 0.242 e. The molecule has 0 radical (unpaired) electrons. The zero-order chi connectivity index (χ0) is 24.8. The Kier molecular flexibility index (Phi) is 9.75. The lowest BCUT2D eigenvalue weighted by molar-refractivity contribution is 0.0964. The minimum Gasteiger partial charge on any atom is -0.497 e. The molecule has 1 aliphatic rings. The van der Waals surface area contributed by atoms with Crippen molar-refractivity contribution in [2.45, 2.75) is 71.4 Å². The first-order valence-electron chi connectivity index (χ1n) is 12.5. The van der Waals surface area contributed by atoms with Crippen LogP contribution in [0.3, 0.4) is 0 Å². The van der Waals surface area contributed by atoms with Crippen molar-refractivity contribution in [2.24, 2.45) is 5.92 Å². The summed E-state index contributed by atoms with van der Waals surface area (Å²) in [5, 5.41) is 17.3. The minimum absolute atomic E-state index is 0. The number of rotatable bonds is 11. The number of benzene rings is 1. The quantitative estimate of drug-likeness (QED) is 0.365. The van der Waals surface area contributed by atoms with E-state index in [1.807, 2.05) is 0 Å². The zero-order valence-corrected chi connectivity index (χ0v) is 22.1. The molecule has 0 saturated heterocycles. The highest BCUT2D eigenvalue weighted by Gasteiger charge is 2.17. The Morgan fingerprint density at radius 1 is 1.08 bits per heavy atom. The normalized spacial score (nSPS) is 14.0. The molecule has 4 rings (SSSR count). The molecule has 1 aliphatic carbocycles. The second-order valence-electron chi connectivity index (χ2n) is 9.11. The molecule has 1 fully saturated rings. The maximum absolute atomic E-state index is 13.1. The number of aromatic nitrogens is 4. The highest BCUT2D eigenvalue weighted by molar-refractivity contribution is 5.96. The number of halogens is 1. The number of ketones is 1. The number of fused-ring (bicyclic) bond motifs is 1. The summed E-state index contributed by atoms with van der Waals surface area (Å²) in [7, 11) is 1.57. The summed E-state index contributed by atoms with van der Waals surface area (Å²) >= 11 is 0. The second-order valence-corrected chi connectivity index (χ2v) is 9.11. The van der Waals surface area contributed by atoms with Crippen molar-refractivity contribution in [3.63, 3.8) is 0 Å². The van der Waals surface area contributed by atoms with E-state index < -0.39 is 0 Å². The van der Waals surface area contributed by atoms with Crippen molar-refractivity contribution in [1.29, 1.82) is 5.41 Å². The number of hydrogen-bond acceptors (Lipinski definition) is 7. The van der Waals surface area contributed by atoms with Crippen LogP contribution in [-0.4, -0.2) is 45.0 Å². The van der Waals surface area contributed by atoms with Gasteiger partial charge in [0.2, 0.25) is 11.5 Å². The van der Waals surface area contributed by atoms with Gasteiger partial charge in [-0.25, -0.2) is 4.68 Å². The van der Waals surface area contributed by atoms with Gasteiger partial charge in [0.15, 0.2) is 11.4 Å². The van der Waals surface area contributed by atoms with Gasteiger partial charge >= 0.3 is 0 Å². The standard InChI is InChI=1S/C26H35N5O4.ClH/c1-4-20(5-2)35-25-12-11-24-28-30(26(27)31(24)29-25)16-23(32)19-13-21(33-3)15-22(14-19)34-17-18-9-7-6-8-10-18;/h11-15,18,20,27H,4-10,16-17H2,1-3H3;1H. The minimum atomic E-state index is -0.193. The number of nitrogens with one attached hydrogen (secondary N) is 1. The molecule has 3 aromatic rings. The molecule has 2 aromatic heterocycles. The highest BCUT2D eigenvalue weighted by atomic mass is 35.5. The molecular weight excluding hydrogens is 482 g/mol. The molecule has 0 amide bonds. The van der Waals surface area contributed by atoms with Gasteiger partial charge in [-0.3, -0.25) is 10.2 Å². The molecule has 196 valence electrons. The van der Waals surface area contributed by atoms with Crippen LogP contribution in [0.25, 0.3) is 5.65 Å².